The first kappa shape index (κ1) is 17.7. The molecule has 0 radical (unpaired) electrons. The van der Waals surface area contributed by atoms with Gasteiger partial charge in [0, 0.05) is 0 Å². The molecule has 0 spiro atoms. The van der Waals surface area contributed by atoms with E-state index >= 15 is 0 Å². The number of aromatic hydroxyl groups is 1. The number of para-hydroxylation sites is 1. The van der Waals surface area contributed by atoms with E-state index in [1.54, 1.807) is 12.1 Å². The first-order valence-electron chi connectivity index (χ1n) is 7.43. The fraction of sp³-hybridized carbons (Fsp3) is 0.562. The Labute approximate surface area is 131 Å². The summed E-state index contributed by atoms with van der Waals surface area (Å²) in [6, 6.07) is 6.83. The molecular weight excluding hydrogens is 284 g/mol. The lowest BCUT2D eigenvalue weighted by Gasteiger charge is -2.10. The highest BCUT2D eigenvalue weighted by Gasteiger charge is 2.07. The van der Waals surface area contributed by atoms with Crippen molar-refractivity contribution >= 4 is 11.8 Å². The number of thioether (sulfide) groups is 1. The van der Waals surface area contributed by atoms with Gasteiger partial charge in [0.05, 0.1) is 12.2 Å². The van der Waals surface area contributed by atoms with Crippen LogP contribution in [0.15, 0.2) is 18.2 Å². The van der Waals surface area contributed by atoms with Crippen LogP contribution in [0, 0.1) is 11.3 Å². The average molecular weight is 308 g/mol. The number of hydrogen-bond donors (Lipinski definition) is 2. The van der Waals surface area contributed by atoms with Crippen LogP contribution < -0.4 is 10.1 Å². The molecule has 116 valence electrons. The summed E-state index contributed by atoms with van der Waals surface area (Å²) in [6.45, 7) is 4.60. The van der Waals surface area contributed by atoms with Gasteiger partial charge in [0.25, 0.3) is 0 Å². The van der Waals surface area contributed by atoms with E-state index in [4.69, 9.17) is 10.00 Å². The average Bonchev–Trinajstić information content (AvgIpc) is 2.50. The van der Waals surface area contributed by atoms with Crippen molar-refractivity contribution in [3.05, 3.63) is 23.8 Å². The zero-order valence-electron chi connectivity index (χ0n) is 12.6. The van der Waals surface area contributed by atoms with Crippen LogP contribution in [0.5, 0.6) is 11.5 Å². The molecule has 0 saturated heterocycles. The smallest absolute Gasteiger partial charge is 0.178 e. The lowest BCUT2D eigenvalue weighted by molar-refractivity contribution is 0.291. The van der Waals surface area contributed by atoms with Crippen LogP contribution in [0.4, 0.5) is 0 Å². The molecule has 21 heavy (non-hydrogen) atoms. The zero-order valence-corrected chi connectivity index (χ0v) is 13.4. The number of phenolic OH excluding ortho intramolecular Hbond substituents is 1. The first-order chi connectivity index (χ1) is 10.3. The minimum atomic E-state index is 0.0231. The molecule has 2 N–H and O–H groups in total. The number of nitrogens with zero attached hydrogens (tertiary/aromatic N) is 1. The maximum atomic E-state index is 9.67. The summed E-state index contributed by atoms with van der Waals surface area (Å²) in [5.74, 6) is 2.77. The minimum Gasteiger partial charge on any atom is -0.504 e. The fourth-order valence-corrected chi connectivity index (χ4v) is 2.65. The van der Waals surface area contributed by atoms with Crippen LogP contribution in [0.2, 0.25) is 0 Å². The van der Waals surface area contributed by atoms with Crippen LogP contribution in [-0.2, 0) is 0 Å². The Hall–Kier alpha value is -1.38. The van der Waals surface area contributed by atoms with Gasteiger partial charge in [-0.25, -0.2) is 0 Å². The number of hydrogen-bond acceptors (Lipinski definition) is 5. The normalized spacial score (nSPS) is 10.3. The molecule has 4 nitrogen and oxygen atoms in total. The molecule has 0 amide bonds. The standard InChI is InChI=1S/C16H24N2O2S/c1-2-11-21-12-5-9-18-8-4-10-20-16-14(13-17)6-3-7-15(16)19/h3,6-7,18-19H,2,4-5,8-12H2,1H3. The molecule has 1 aromatic carbocycles. The van der Waals surface area contributed by atoms with E-state index in [9.17, 15) is 5.11 Å². The zero-order chi connectivity index (χ0) is 15.3. The predicted molar refractivity (Wildman–Crippen MR) is 88.0 cm³/mol. The second-order valence-corrected chi connectivity index (χ2v) is 5.91. The molecule has 1 rings (SSSR count). The topological polar surface area (TPSA) is 65.3 Å². The molecule has 0 aliphatic heterocycles. The van der Waals surface area contributed by atoms with E-state index in [-0.39, 0.29) is 11.5 Å². The summed E-state index contributed by atoms with van der Waals surface area (Å²) in [5.41, 5.74) is 0.371. The Bertz CT molecular complexity index is 446. The van der Waals surface area contributed by atoms with Gasteiger partial charge in [-0.1, -0.05) is 13.0 Å². The van der Waals surface area contributed by atoms with E-state index in [1.165, 1.54) is 30.4 Å². The molecule has 5 heteroatoms. The lowest BCUT2D eigenvalue weighted by atomic mass is 10.2. The molecule has 1 aromatic rings. The van der Waals surface area contributed by atoms with Crippen molar-refractivity contribution in [2.45, 2.75) is 26.2 Å². The molecule has 0 bridgehead atoms. The van der Waals surface area contributed by atoms with Gasteiger partial charge in [0.2, 0.25) is 0 Å². The molecule has 0 atom stereocenters. The van der Waals surface area contributed by atoms with Crippen molar-refractivity contribution in [2.24, 2.45) is 0 Å². The Morgan fingerprint density at radius 3 is 2.86 bits per heavy atom. The summed E-state index contributed by atoms with van der Waals surface area (Å²) in [6.07, 6.45) is 3.28. The molecule has 0 aliphatic rings. The number of phenols is 1. The van der Waals surface area contributed by atoms with Crippen molar-refractivity contribution in [1.29, 1.82) is 5.26 Å². The van der Waals surface area contributed by atoms with Crippen LogP contribution >= 0.6 is 11.8 Å². The second kappa shape index (κ2) is 11.3. The van der Waals surface area contributed by atoms with Gasteiger partial charge in [-0.2, -0.15) is 17.0 Å². The van der Waals surface area contributed by atoms with Crippen molar-refractivity contribution < 1.29 is 9.84 Å². The van der Waals surface area contributed by atoms with Gasteiger partial charge in [0.1, 0.15) is 6.07 Å². The lowest BCUT2D eigenvalue weighted by Crippen LogP contribution is -2.19. The predicted octanol–water partition coefficient (Wildman–Crippen LogP) is 3.16. The summed E-state index contributed by atoms with van der Waals surface area (Å²) in [5, 5.41) is 22.0. The van der Waals surface area contributed by atoms with Gasteiger partial charge in [0.15, 0.2) is 11.5 Å². The Morgan fingerprint density at radius 1 is 1.29 bits per heavy atom. The van der Waals surface area contributed by atoms with E-state index < -0.39 is 0 Å². The van der Waals surface area contributed by atoms with Gasteiger partial charge in [-0.3, -0.25) is 0 Å². The number of ether oxygens (including phenoxy) is 1. The maximum Gasteiger partial charge on any atom is 0.178 e. The highest BCUT2D eigenvalue weighted by molar-refractivity contribution is 7.99. The van der Waals surface area contributed by atoms with E-state index in [0.717, 1.165) is 19.5 Å². The van der Waals surface area contributed by atoms with Crippen LogP contribution in [0.25, 0.3) is 0 Å². The molecule has 0 unspecified atom stereocenters. The fourth-order valence-electron chi connectivity index (χ4n) is 1.81. The summed E-state index contributed by atoms with van der Waals surface area (Å²) < 4.78 is 5.50. The Morgan fingerprint density at radius 2 is 2.10 bits per heavy atom. The van der Waals surface area contributed by atoms with Gasteiger partial charge in [-0.15, -0.1) is 0 Å². The molecule has 0 saturated carbocycles. The third-order valence-corrected chi connectivity index (χ3v) is 4.12. The maximum absolute atomic E-state index is 9.67. The largest absolute Gasteiger partial charge is 0.504 e. The summed E-state index contributed by atoms with van der Waals surface area (Å²) in [7, 11) is 0. The van der Waals surface area contributed by atoms with Crippen molar-refractivity contribution in [2.75, 3.05) is 31.2 Å². The molecule has 0 fully saturated rings. The number of nitriles is 1. The molecule has 0 aromatic heterocycles. The van der Waals surface area contributed by atoms with Crippen molar-refractivity contribution in [3.8, 4) is 17.6 Å². The van der Waals surface area contributed by atoms with Crippen LogP contribution in [-0.4, -0.2) is 36.3 Å². The quantitative estimate of drug-likeness (QED) is 0.615. The van der Waals surface area contributed by atoms with Gasteiger partial charge in [-0.05, 0) is 56.0 Å². The van der Waals surface area contributed by atoms with Crippen LogP contribution in [0.3, 0.4) is 0 Å². The van der Waals surface area contributed by atoms with Gasteiger partial charge >= 0.3 is 0 Å². The second-order valence-electron chi connectivity index (χ2n) is 4.68. The Balaban J connectivity index is 2.09. The monoisotopic (exact) mass is 308 g/mol. The number of rotatable bonds is 11. The Kier molecular flexibility index (Phi) is 9.51. The van der Waals surface area contributed by atoms with Crippen molar-refractivity contribution in [1.82, 2.24) is 5.32 Å². The SMILES string of the molecule is CCCSCCCNCCCOc1c(O)cccc1C#N. The highest BCUT2D eigenvalue weighted by atomic mass is 32.2. The molecule has 0 aliphatic carbocycles. The van der Waals surface area contributed by atoms with E-state index in [0.29, 0.717) is 12.2 Å². The summed E-state index contributed by atoms with van der Waals surface area (Å²) >= 11 is 2.00. The van der Waals surface area contributed by atoms with Crippen LogP contribution in [0.1, 0.15) is 31.7 Å². The third-order valence-electron chi connectivity index (χ3n) is 2.85. The van der Waals surface area contributed by atoms with Gasteiger partial charge < -0.3 is 15.2 Å². The first-order valence-corrected chi connectivity index (χ1v) is 8.58. The number of benzene rings is 1. The molecular formula is C16H24N2O2S. The summed E-state index contributed by atoms with van der Waals surface area (Å²) in [4.78, 5) is 0. The molecule has 0 heterocycles. The van der Waals surface area contributed by atoms with Crippen molar-refractivity contribution in [3.63, 3.8) is 0 Å². The number of nitrogens with one attached hydrogen (secondary N) is 1. The minimum absolute atomic E-state index is 0.0231. The van der Waals surface area contributed by atoms with E-state index in [1.807, 2.05) is 17.8 Å². The highest BCUT2D eigenvalue weighted by Crippen LogP contribution is 2.29. The van der Waals surface area contributed by atoms with E-state index in [2.05, 4.69) is 12.2 Å². The third kappa shape index (κ3) is 7.26.